The van der Waals surface area contributed by atoms with Gasteiger partial charge in [-0.1, -0.05) is 24.3 Å². The molecule has 0 spiro atoms. The zero-order chi connectivity index (χ0) is 27.2. The van der Waals surface area contributed by atoms with Crippen LogP contribution in [0.2, 0.25) is 0 Å². The fourth-order valence-corrected chi connectivity index (χ4v) is 6.12. The largest absolute Gasteiger partial charge is 0.480 e. The van der Waals surface area contributed by atoms with Crippen molar-refractivity contribution in [2.75, 3.05) is 6.54 Å². The van der Waals surface area contributed by atoms with Gasteiger partial charge in [-0.05, 0) is 75.8 Å². The molecule has 2 heterocycles. The highest BCUT2D eigenvalue weighted by molar-refractivity contribution is 6.40. The van der Waals surface area contributed by atoms with E-state index >= 15 is 0 Å². The molecular weight excluding hydrogens is 500 g/mol. The van der Waals surface area contributed by atoms with Crippen molar-refractivity contribution in [2.45, 2.75) is 25.3 Å². The molecule has 0 bridgehead atoms. The number of esters is 2. The highest BCUT2D eigenvalue weighted by atomic mass is 16.6. The number of carbonyl (C=O) groups excluding carboxylic acids is 4. The number of carbonyl (C=O) groups is 5. The van der Waals surface area contributed by atoms with Gasteiger partial charge < -0.3 is 15.6 Å². The predicted octanol–water partition coefficient (Wildman–Crippen LogP) is 4.23. The van der Waals surface area contributed by atoms with Gasteiger partial charge in [0.2, 0.25) is 0 Å². The van der Waals surface area contributed by atoms with Crippen molar-refractivity contribution in [3.8, 4) is 0 Å². The van der Waals surface area contributed by atoms with Crippen LogP contribution in [0.25, 0.3) is 43.1 Å². The Bertz CT molecular complexity index is 1860. The SMILES string of the molecule is N[C@@H](CCCCN1C(=O)c2ccc3c4ccc5c6c(ccc(c7ccc(c2c37)C1=O)c64)C(=O)OC5=O)C(=O)O. The van der Waals surface area contributed by atoms with E-state index in [0.29, 0.717) is 45.9 Å². The first-order valence-corrected chi connectivity index (χ1v) is 12.6. The zero-order valence-corrected chi connectivity index (χ0v) is 20.4. The summed E-state index contributed by atoms with van der Waals surface area (Å²) in [5, 5.41) is 14.9. The van der Waals surface area contributed by atoms with Gasteiger partial charge in [0.05, 0.1) is 11.1 Å². The van der Waals surface area contributed by atoms with E-state index < -0.39 is 35.8 Å². The summed E-state index contributed by atoms with van der Waals surface area (Å²) in [7, 11) is 0. The van der Waals surface area contributed by atoms with Crippen molar-refractivity contribution >= 4 is 72.8 Å². The Kier molecular flexibility index (Phi) is 4.80. The van der Waals surface area contributed by atoms with E-state index in [1.807, 2.05) is 24.3 Å². The normalized spacial score (nSPS) is 15.7. The first-order chi connectivity index (χ1) is 18.8. The number of benzene rings is 5. The summed E-state index contributed by atoms with van der Waals surface area (Å²) >= 11 is 0. The molecule has 3 N–H and O–H groups in total. The maximum Gasteiger partial charge on any atom is 0.346 e. The van der Waals surface area contributed by atoms with Crippen molar-refractivity contribution in [3.05, 3.63) is 70.8 Å². The number of hydrogen-bond acceptors (Lipinski definition) is 7. The minimum absolute atomic E-state index is 0.159. The molecule has 9 heteroatoms. The summed E-state index contributed by atoms with van der Waals surface area (Å²) < 4.78 is 4.92. The van der Waals surface area contributed by atoms with E-state index in [-0.39, 0.29) is 13.0 Å². The lowest BCUT2D eigenvalue weighted by atomic mass is 9.83. The van der Waals surface area contributed by atoms with Crippen molar-refractivity contribution in [1.82, 2.24) is 4.90 Å². The number of fused-ring (bicyclic) bond motifs is 2. The monoisotopic (exact) mass is 520 g/mol. The van der Waals surface area contributed by atoms with Crippen LogP contribution in [0.1, 0.15) is 60.7 Å². The summed E-state index contributed by atoms with van der Waals surface area (Å²) in [6, 6.07) is 13.1. The number of imide groups is 1. The molecule has 2 aliphatic rings. The Balaban J connectivity index is 1.40. The number of aliphatic carboxylic acids is 1. The van der Waals surface area contributed by atoms with E-state index in [4.69, 9.17) is 15.6 Å². The molecule has 2 amide bonds. The van der Waals surface area contributed by atoms with Crippen LogP contribution in [-0.4, -0.2) is 52.3 Å². The Morgan fingerprint density at radius 2 is 1.13 bits per heavy atom. The average molecular weight is 520 g/mol. The molecular formula is C30H20N2O7. The Morgan fingerprint density at radius 3 is 1.59 bits per heavy atom. The van der Waals surface area contributed by atoms with Gasteiger partial charge in [0.25, 0.3) is 11.8 Å². The Labute approximate surface area is 220 Å². The molecule has 0 aromatic heterocycles. The predicted molar refractivity (Wildman–Crippen MR) is 142 cm³/mol. The summed E-state index contributed by atoms with van der Waals surface area (Å²) in [6.45, 7) is 0.159. The Hall–Kier alpha value is -4.89. The van der Waals surface area contributed by atoms with Gasteiger partial charge in [-0.2, -0.15) is 0 Å². The fraction of sp³-hybridized carbons (Fsp3) is 0.167. The molecule has 7 rings (SSSR count). The van der Waals surface area contributed by atoms with E-state index in [2.05, 4.69) is 0 Å². The van der Waals surface area contributed by atoms with Crippen molar-refractivity contribution < 1.29 is 33.8 Å². The Morgan fingerprint density at radius 1 is 0.692 bits per heavy atom. The molecule has 0 aliphatic carbocycles. The summed E-state index contributed by atoms with van der Waals surface area (Å²) in [6.07, 6.45) is 1.15. The molecule has 5 aromatic rings. The zero-order valence-electron chi connectivity index (χ0n) is 20.4. The minimum atomic E-state index is -1.08. The van der Waals surface area contributed by atoms with Gasteiger partial charge in [0, 0.05) is 28.4 Å². The smallest absolute Gasteiger partial charge is 0.346 e. The second kappa shape index (κ2) is 8.05. The lowest BCUT2D eigenvalue weighted by molar-refractivity contribution is -0.138. The van der Waals surface area contributed by atoms with E-state index in [0.717, 1.165) is 32.3 Å². The number of amides is 2. The summed E-state index contributed by atoms with van der Waals surface area (Å²) in [4.78, 5) is 64.2. The molecule has 2 aliphatic heterocycles. The average Bonchev–Trinajstić information content (AvgIpc) is 2.93. The first kappa shape index (κ1) is 23.2. The van der Waals surface area contributed by atoms with Gasteiger partial charge in [0.15, 0.2) is 0 Å². The molecule has 9 nitrogen and oxygen atoms in total. The van der Waals surface area contributed by atoms with E-state index in [9.17, 15) is 24.0 Å². The van der Waals surface area contributed by atoms with Crippen LogP contribution < -0.4 is 5.73 Å². The summed E-state index contributed by atoms with van der Waals surface area (Å²) in [5.41, 5.74) is 7.05. The van der Waals surface area contributed by atoms with Gasteiger partial charge in [-0.25, -0.2) is 9.59 Å². The topological polar surface area (TPSA) is 144 Å². The van der Waals surface area contributed by atoms with Crippen LogP contribution in [0.5, 0.6) is 0 Å². The molecule has 0 saturated heterocycles. The standard InChI is InChI=1S/C30H20N2O7/c31-21(28(35)36)3-1-2-12-32-26(33)17-8-4-13-15-6-10-19-25-20(30(38)39-29(19)37)11-7-16(23(15)25)14-5-9-18(27(32)34)24(17)22(13)14/h4-11,21H,1-3,12,31H2,(H,35,36)/t21-/m0/s1. The minimum Gasteiger partial charge on any atom is -0.480 e. The lowest BCUT2D eigenvalue weighted by Gasteiger charge is -2.29. The maximum absolute atomic E-state index is 13.5. The highest BCUT2D eigenvalue weighted by Crippen LogP contribution is 2.45. The third-order valence-electron chi connectivity index (χ3n) is 7.94. The third-order valence-corrected chi connectivity index (χ3v) is 7.94. The van der Waals surface area contributed by atoms with Crippen molar-refractivity contribution in [1.29, 1.82) is 0 Å². The van der Waals surface area contributed by atoms with Crippen LogP contribution in [0, 0.1) is 0 Å². The van der Waals surface area contributed by atoms with Crippen molar-refractivity contribution in [3.63, 3.8) is 0 Å². The first-order valence-electron chi connectivity index (χ1n) is 12.6. The number of hydrogen-bond donors (Lipinski definition) is 2. The quantitative estimate of drug-likeness (QED) is 0.0845. The number of rotatable bonds is 6. The van der Waals surface area contributed by atoms with Gasteiger partial charge in [0.1, 0.15) is 6.04 Å². The van der Waals surface area contributed by atoms with Crippen LogP contribution in [0.4, 0.5) is 0 Å². The number of nitrogens with zero attached hydrogens (tertiary/aromatic N) is 1. The van der Waals surface area contributed by atoms with Crippen molar-refractivity contribution in [2.24, 2.45) is 5.73 Å². The fourth-order valence-electron chi connectivity index (χ4n) is 6.12. The van der Waals surface area contributed by atoms with Crippen LogP contribution in [-0.2, 0) is 9.53 Å². The lowest BCUT2D eigenvalue weighted by Crippen LogP contribution is -2.41. The molecule has 0 unspecified atom stereocenters. The second-order valence-corrected chi connectivity index (χ2v) is 10.0. The number of unbranched alkanes of at least 4 members (excludes halogenated alkanes) is 1. The molecule has 0 radical (unpaired) electrons. The number of ether oxygens (including phenoxy) is 1. The maximum atomic E-state index is 13.5. The molecule has 39 heavy (non-hydrogen) atoms. The number of carboxylic acid groups (broad SMARTS) is 1. The molecule has 0 fully saturated rings. The third kappa shape index (κ3) is 3.07. The number of carboxylic acids is 1. The van der Waals surface area contributed by atoms with E-state index in [1.54, 1.807) is 24.3 Å². The van der Waals surface area contributed by atoms with Gasteiger partial charge >= 0.3 is 17.9 Å². The number of nitrogens with two attached hydrogens (primary N) is 1. The second-order valence-electron chi connectivity index (χ2n) is 10.0. The van der Waals surface area contributed by atoms with Crippen LogP contribution in [0.3, 0.4) is 0 Å². The number of cyclic esters (lactones) is 2. The van der Waals surface area contributed by atoms with Gasteiger partial charge in [-0.3, -0.25) is 19.3 Å². The highest BCUT2D eigenvalue weighted by Gasteiger charge is 2.35. The molecule has 5 aromatic carbocycles. The van der Waals surface area contributed by atoms with Crippen LogP contribution in [0.15, 0.2) is 48.5 Å². The van der Waals surface area contributed by atoms with Crippen LogP contribution >= 0.6 is 0 Å². The van der Waals surface area contributed by atoms with Gasteiger partial charge in [-0.15, -0.1) is 0 Å². The van der Waals surface area contributed by atoms with E-state index in [1.165, 1.54) is 4.90 Å². The molecule has 1 atom stereocenters. The molecule has 192 valence electrons. The summed E-state index contributed by atoms with van der Waals surface area (Å²) in [5.74, 6) is -3.25. The molecule has 0 saturated carbocycles.